The Morgan fingerprint density at radius 2 is 2.00 bits per heavy atom. The minimum absolute atomic E-state index is 0.142. The number of pyridine rings is 1. The number of amides is 1. The number of carbonyl (C=O) groups excluding carboxylic acids is 1. The highest BCUT2D eigenvalue weighted by Crippen LogP contribution is 2.46. The lowest BCUT2D eigenvalue weighted by Gasteiger charge is -2.45. The summed E-state index contributed by atoms with van der Waals surface area (Å²) in [5, 5.41) is 8.67. The first-order valence-electron chi connectivity index (χ1n) is 10.0. The van der Waals surface area contributed by atoms with Crippen molar-refractivity contribution in [3.05, 3.63) is 65.9 Å². The van der Waals surface area contributed by atoms with Gasteiger partial charge in [0.25, 0.3) is 0 Å². The maximum atomic E-state index is 13.8. The van der Waals surface area contributed by atoms with Crippen molar-refractivity contribution in [3.63, 3.8) is 0 Å². The SMILES string of the molecule is O=C(N1CCCC(c2nnc3ccccn23)C1)C1(c2cccc(F)c2)CCC1. The molecule has 3 aromatic rings. The monoisotopic (exact) mass is 378 g/mol. The fourth-order valence-electron chi connectivity index (χ4n) is 4.76. The molecule has 1 aliphatic heterocycles. The second kappa shape index (κ2) is 6.69. The lowest BCUT2D eigenvalue weighted by atomic mass is 9.63. The van der Waals surface area contributed by atoms with Gasteiger partial charge in [-0.1, -0.05) is 24.6 Å². The maximum absolute atomic E-state index is 13.8. The van der Waals surface area contributed by atoms with E-state index in [-0.39, 0.29) is 17.6 Å². The van der Waals surface area contributed by atoms with E-state index < -0.39 is 5.41 Å². The fraction of sp³-hybridized carbons (Fsp3) is 0.409. The molecule has 2 fully saturated rings. The molecule has 1 amide bonds. The molecule has 5 rings (SSSR count). The van der Waals surface area contributed by atoms with Crippen LogP contribution < -0.4 is 0 Å². The average molecular weight is 378 g/mol. The van der Waals surface area contributed by atoms with Crippen LogP contribution in [0.3, 0.4) is 0 Å². The van der Waals surface area contributed by atoms with E-state index in [9.17, 15) is 9.18 Å². The number of piperidine rings is 1. The van der Waals surface area contributed by atoms with Crippen molar-refractivity contribution >= 4 is 11.6 Å². The molecule has 1 unspecified atom stereocenters. The number of fused-ring (bicyclic) bond motifs is 1. The Bertz CT molecular complexity index is 1030. The largest absolute Gasteiger partial charge is 0.341 e. The topological polar surface area (TPSA) is 50.5 Å². The van der Waals surface area contributed by atoms with Gasteiger partial charge in [0.2, 0.25) is 5.91 Å². The summed E-state index contributed by atoms with van der Waals surface area (Å²) in [7, 11) is 0. The molecule has 1 saturated heterocycles. The van der Waals surface area contributed by atoms with Crippen LogP contribution in [0.25, 0.3) is 5.65 Å². The zero-order valence-electron chi connectivity index (χ0n) is 15.7. The molecule has 0 bridgehead atoms. The molecule has 28 heavy (non-hydrogen) atoms. The van der Waals surface area contributed by atoms with Gasteiger partial charge in [-0.15, -0.1) is 10.2 Å². The normalized spacial score (nSPS) is 21.5. The number of carbonyl (C=O) groups is 1. The summed E-state index contributed by atoms with van der Waals surface area (Å²) in [4.78, 5) is 15.5. The van der Waals surface area contributed by atoms with Gasteiger partial charge in [-0.05, 0) is 55.5 Å². The highest BCUT2D eigenvalue weighted by molar-refractivity contribution is 5.89. The molecule has 144 valence electrons. The van der Waals surface area contributed by atoms with E-state index >= 15 is 0 Å². The summed E-state index contributed by atoms with van der Waals surface area (Å²) in [5.41, 5.74) is 1.09. The third-order valence-electron chi connectivity index (χ3n) is 6.41. The highest BCUT2D eigenvalue weighted by atomic mass is 19.1. The predicted molar refractivity (Wildman–Crippen MR) is 103 cm³/mol. The Hall–Kier alpha value is -2.76. The average Bonchev–Trinajstić information content (AvgIpc) is 3.11. The van der Waals surface area contributed by atoms with Crippen LogP contribution in [-0.4, -0.2) is 38.5 Å². The summed E-state index contributed by atoms with van der Waals surface area (Å²) in [6, 6.07) is 12.4. The Kier molecular flexibility index (Phi) is 4.14. The predicted octanol–water partition coefficient (Wildman–Crippen LogP) is 3.70. The van der Waals surface area contributed by atoms with Gasteiger partial charge >= 0.3 is 0 Å². The molecule has 1 aromatic carbocycles. The molecule has 0 spiro atoms. The number of rotatable bonds is 3. The molecule has 0 N–H and O–H groups in total. The quantitative estimate of drug-likeness (QED) is 0.698. The van der Waals surface area contributed by atoms with Crippen LogP contribution in [-0.2, 0) is 10.2 Å². The number of nitrogens with zero attached hydrogens (tertiary/aromatic N) is 4. The molecule has 2 aromatic heterocycles. The highest BCUT2D eigenvalue weighted by Gasteiger charge is 2.48. The van der Waals surface area contributed by atoms with Crippen LogP contribution >= 0.6 is 0 Å². The number of halogens is 1. The second-order valence-electron chi connectivity index (χ2n) is 8.02. The van der Waals surface area contributed by atoms with E-state index in [1.54, 1.807) is 6.07 Å². The lowest BCUT2D eigenvalue weighted by molar-refractivity contribution is -0.142. The van der Waals surface area contributed by atoms with Crippen molar-refractivity contribution in [3.8, 4) is 0 Å². The molecule has 1 aliphatic carbocycles. The molecular formula is C22H23FN4O. The number of aromatic nitrogens is 3. The Labute approximate surface area is 163 Å². The lowest BCUT2D eigenvalue weighted by Crippen LogP contribution is -2.53. The van der Waals surface area contributed by atoms with Gasteiger partial charge in [0.05, 0.1) is 5.41 Å². The van der Waals surface area contributed by atoms with Crippen molar-refractivity contribution < 1.29 is 9.18 Å². The number of hydrogen-bond acceptors (Lipinski definition) is 3. The summed E-state index contributed by atoms with van der Waals surface area (Å²) < 4.78 is 15.8. The number of benzene rings is 1. The Balaban J connectivity index is 1.42. The smallest absolute Gasteiger partial charge is 0.233 e. The molecule has 5 nitrogen and oxygen atoms in total. The minimum Gasteiger partial charge on any atom is -0.341 e. The van der Waals surface area contributed by atoms with Crippen LogP contribution in [0.1, 0.15) is 49.4 Å². The van der Waals surface area contributed by atoms with Crippen molar-refractivity contribution in [2.45, 2.75) is 43.4 Å². The van der Waals surface area contributed by atoms with E-state index in [1.165, 1.54) is 12.1 Å². The fourth-order valence-corrected chi connectivity index (χ4v) is 4.76. The van der Waals surface area contributed by atoms with Gasteiger partial charge in [-0.2, -0.15) is 0 Å². The first-order valence-corrected chi connectivity index (χ1v) is 10.0. The van der Waals surface area contributed by atoms with E-state index in [4.69, 9.17) is 0 Å². The number of likely N-dealkylation sites (tertiary alicyclic amines) is 1. The first kappa shape index (κ1) is 17.3. The first-order chi connectivity index (χ1) is 13.7. The minimum atomic E-state index is -0.559. The Morgan fingerprint density at radius 1 is 1.11 bits per heavy atom. The number of hydrogen-bond donors (Lipinski definition) is 0. The van der Waals surface area contributed by atoms with Crippen molar-refractivity contribution in [2.24, 2.45) is 0 Å². The van der Waals surface area contributed by atoms with Gasteiger partial charge in [-0.3, -0.25) is 9.20 Å². The van der Waals surface area contributed by atoms with Gasteiger partial charge in [0.15, 0.2) is 5.65 Å². The molecular weight excluding hydrogens is 355 g/mol. The van der Waals surface area contributed by atoms with Gasteiger partial charge in [0.1, 0.15) is 11.6 Å². The summed E-state index contributed by atoms with van der Waals surface area (Å²) in [5.74, 6) is 0.951. The van der Waals surface area contributed by atoms with E-state index in [2.05, 4.69) is 10.2 Å². The van der Waals surface area contributed by atoms with Gasteiger partial charge in [0, 0.05) is 25.2 Å². The molecule has 3 heterocycles. The molecule has 2 aliphatic rings. The summed E-state index contributed by atoms with van der Waals surface area (Å²) in [6.45, 7) is 1.40. The van der Waals surface area contributed by atoms with E-state index in [1.807, 2.05) is 39.8 Å². The summed E-state index contributed by atoms with van der Waals surface area (Å²) >= 11 is 0. The van der Waals surface area contributed by atoms with Gasteiger partial charge in [-0.25, -0.2) is 4.39 Å². The van der Waals surface area contributed by atoms with Crippen molar-refractivity contribution in [1.29, 1.82) is 0 Å². The standard InChI is InChI=1S/C22H23FN4O/c23-18-8-3-7-17(14-18)22(10-5-11-22)21(28)26-12-4-6-16(15-26)20-25-24-19-9-1-2-13-27(19)20/h1-3,7-9,13-14,16H,4-6,10-12,15H2. The van der Waals surface area contributed by atoms with Gasteiger partial charge < -0.3 is 4.90 Å². The zero-order valence-corrected chi connectivity index (χ0v) is 15.7. The summed E-state index contributed by atoms with van der Waals surface area (Å²) in [6.07, 6.45) is 6.51. The van der Waals surface area contributed by atoms with E-state index in [0.29, 0.717) is 6.54 Å². The van der Waals surface area contributed by atoms with Crippen molar-refractivity contribution in [2.75, 3.05) is 13.1 Å². The van der Waals surface area contributed by atoms with Crippen molar-refractivity contribution in [1.82, 2.24) is 19.5 Å². The third-order valence-corrected chi connectivity index (χ3v) is 6.41. The van der Waals surface area contributed by atoms with Crippen LogP contribution in [0, 0.1) is 5.82 Å². The molecule has 1 atom stereocenters. The Morgan fingerprint density at radius 3 is 2.79 bits per heavy atom. The van der Waals surface area contributed by atoms with Crippen LogP contribution in [0.2, 0.25) is 0 Å². The van der Waals surface area contributed by atoms with Crippen LogP contribution in [0.15, 0.2) is 48.7 Å². The molecule has 6 heteroatoms. The van der Waals surface area contributed by atoms with Crippen LogP contribution in [0.5, 0.6) is 0 Å². The molecule has 1 saturated carbocycles. The second-order valence-corrected chi connectivity index (χ2v) is 8.02. The third kappa shape index (κ3) is 2.70. The maximum Gasteiger partial charge on any atom is 0.233 e. The molecule has 0 radical (unpaired) electrons. The van der Waals surface area contributed by atoms with E-state index in [0.717, 1.165) is 55.7 Å². The van der Waals surface area contributed by atoms with Crippen LogP contribution in [0.4, 0.5) is 4.39 Å². The zero-order chi connectivity index (χ0) is 19.1.